The van der Waals surface area contributed by atoms with Crippen molar-refractivity contribution in [1.29, 1.82) is 0 Å². The van der Waals surface area contributed by atoms with E-state index in [0.717, 1.165) is 5.56 Å². The number of rotatable bonds is 6. The molecule has 116 valence electrons. The van der Waals surface area contributed by atoms with E-state index in [1.807, 2.05) is 12.1 Å². The molecular formula is C16H24N2O3. The monoisotopic (exact) mass is 292 g/mol. The van der Waals surface area contributed by atoms with Gasteiger partial charge in [0.15, 0.2) is 0 Å². The number of carbonyl (C=O) groups is 2. The normalized spacial score (nSPS) is 13.6. The summed E-state index contributed by atoms with van der Waals surface area (Å²) in [7, 11) is 0. The van der Waals surface area contributed by atoms with Crippen molar-refractivity contribution in [2.24, 2.45) is 5.92 Å². The highest BCUT2D eigenvalue weighted by Gasteiger charge is 2.20. The molecule has 5 nitrogen and oxygen atoms in total. The fourth-order valence-corrected chi connectivity index (χ4v) is 1.80. The van der Waals surface area contributed by atoms with E-state index in [1.54, 1.807) is 13.8 Å². The molecule has 1 aromatic carbocycles. The van der Waals surface area contributed by atoms with E-state index in [9.17, 15) is 9.59 Å². The van der Waals surface area contributed by atoms with E-state index in [2.05, 4.69) is 36.6 Å². The standard InChI is InChI=1S/C16H24N2O3/c1-10(2)14-7-5-13(6-8-14)9-17-16(21)18-12(4)11(3)15(19)20/h5-8,10-12H,9H2,1-4H3,(H,19,20)(H2,17,18,21). The molecule has 0 heterocycles. The van der Waals surface area contributed by atoms with Crippen molar-refractivity contribution in [3.8, 4) is 0 Å². The molecule has 0 aromatic heterocycles. The van der Waals surface area contributed by atoms with Crippen molar-refractivity contribution < 1.29 is 14.7 Å². The van der Waals surface area contributed by atoms with Gasteiger partial charge in [-0.15, -0.1) is 0 Å². The largest absolute Gasteiger partial charge is 0.481 e. The summed E-state index contributed by atoms with van der Waals surface area (Å²) in [4.78, 5) is 22.5. The third-order valence-electron chi connectivity index (χ3n) is 3.60. The summed E-state index contributed by atoms with van der Waals surface area (Å²) in [6, 6.07) is 7.29. The minimum Gasteiger partial charge on any atom is -0.481 e. The molecule has 0 aliphatic rings. The van der Waals surface area contributed by atoms with Crippen molar-refractivity contribution in [3.63, 3.8) is 0 Å². The second kappa shape index (κ2) is 7.67. The zero-order valence-corrected chi connectivity index (χ0v) is 13.0. The zero-order valence-electron chi connectivity index (χ0n) is 13.0. The summed E-state index contributed by atoms with van der Waals surface area (Å²) in [6.45, 7) is 7.92. The Bertz CT molecular complexity index is 483. The molecule has 2 amide bonds. The van der Waals surface area contributed by atoms with E-state index in [0.29, 0.717) is 12.5 Å². The summed E-state index contributed by atoms with van der Waals surface area (Å²) < 4.78 is 0. The SMILES string of the molecule is CC(C)c1ccc(CNC(=O)NC(C)C(C)C(=O)O)cc1. The maximum absolute atomic E-state index is 11.7. The number of carboxylic acid groups (broad SMARTS) is 1. The van der Waals surface area contributed by atoms with Gasteiger partial charge in [-0.2, -0.15) is 0 Å². The van der Waals surface area contributed by atoms with Crippen LogP contribution in [0.2, 0.25) is 0 Å². The predicted molar refractivity (Wildman–Crippen MR) is 82.2 cm³/mol. The van der Waals surface area contributed by atoms with Gasteiger partial charge in [0.25, 0.3) is 0 Å². The molecule has 0 fully saturated rings. The van der Waals surface area contributed by atoms with E-state index >= 15 is 0 Å². The Kier molecular flexibility index (Phi) is 6.21. The lowest BCUT2D eigenvalue weighted by molar-refractivity contribution is -0.141. The van der Waals surface area contributed by atoms with Crippen LogP contribution in [-0.2, 0) is 11.3 Å². The summed E-state index contributed by atoms with van der Waals surface area (Å²) in [5.74, 6) is -1.07. The minimum atomic E-state index is -0.924. The fourth-order valence-electron chi connectivity index (χ4n) is 1.80. The van der Waals surface area contributed by atoms with Crippen LogP contribution in [0.1, 0.15) is 44.7 Å². The molecule has 0 radical (unpaired) electrons. The van der Waals surface area contributed by atoms with Crippen LogP contribution >= 0.6 is 0 Å². The van der Waals surface area contributed by atoms with Crippen molar-refractivity contribution in [1.82, 2.24) is 10.6 Å². The number of hydrogen-bond donors (Lipinski definition) is 3. The smallest absolute Gasteiger partial charge is 0.315 e. The maximum Gasteiger partial charge on any atom is 0.315 e. The molecule has 21 heavy (non-hydrogen) atoms. The first-order chi connectivity index (χ1) is 9.81. The van der Waals surface area contributed by atoms with Crippen LogP contribution < -0.4 is 10.6 Å². The molecule has 0 saturated carbocycles. The van der Waals surface area contributed by atoms with Crippen LogP contribution in [0.4, 0.5) is 4.79 Å². The van der Waals surface area contributed by atoms with E-state index in [1.165, 1.54) is 5.56 Å². The third-order valence-corrected chi connectivity index (χ3v) is 3.60. The lowest BCUT2D eigenvalue weighted by Gasteiger charge is -2.18. The molecule has 3 N–H and O–H groups in total. The molecule has 1 rings (SSSR count). The maximum atomic E-state index is 11.7. The Hall–Kier alpha value is -2.04. The van der Waals surface area contributed by atoms with Gasteiger partial charge in [0.05, 0.1) is 5.92 Å². The van der Waals surface area contributed by atoms with Gasteiger partial charge in [-0.25, -0.2) is 4.79 Å². The quantitative estimate of drug-likeness (QED) is 0.754. The number of benzene rings is 1. The van der Waals surface area contributed by atoms with E-state index in [4.69, 9.17) is 5.11 Å². The van der Waals surface area contributed by atoms with Crippen molar-refractivity contribution in [3.05, 3.63) is 35.4 Å². The van der Waals surface area contributed by atoms with E-state index in [-0.39, 0.29) is 6.03 Å². The number of carboxylic acids is 1. The van der Waals surface area contributed by atoms with E-state index < -0.39 is 17.9 Å². The molecular weight excluding hydrogens is 268 g/mol. The molecule has 0 spiro atoms. The average Bonchev–Trinajstić information content (AvgIpc) is 2.44. The highest BCUT2D eigenvalue weighted by atomic mass is 16.4. The number of aliphatic carboxylic acids is 1. The molecule has 0 aliphatic carbocycles. The molecule has 2 atom stereocenters. The lowest BCUT2D eigenvalue weighted by Crippen LogP contribution is -2.45. The lowest BCUT2D eigenvalue weighted by atomic mass is 10.0. The van der Waals surface area contributed by atoms with Gasteiger partial charge in [-0.1, -0.05) is 38.1 Å². The second-order valence-corrected chi connectivity index (χ2v) is 5.64. The van der Waals surface area contributed by atoms with Gasteiger partial charge >= 0.3 is 12.0 Å². The summed E-state index contributed by atoms with van der Waals surface area (Å²) in [5, 5.41) is 14.2. The molecule has 0 aliphatic heterocycles. The predicted octanol–water partition coefficient (Wildman–Crippen LogP) is 2.72. The minimum absolute atomic E-state index is 0.358. The van der Waals surface area contributed by atoms with Gasteiger partial charge in [0.1, 0.15) is 0 Å². The van der Waals surface area contributed by atoms with Gasteiger partial charge < -0.3 is 15.7 Å². The first kappa shape index (κ1) is 17.0. The third kappa shape index (κ3) is 5.45. The number of amides is 2. The zero-order chi connectivity index (χ0) is 16.0. The van der Waals surface area contributed by atoms with Crippen molar-refractivity contribution >= 4 is 12.0 Å². The van der Waals surface area contributed by atoms with Gasteiger partial charge in [0, 0.05) is 12.6 Å². The van der Waals surface area contributed by atoms with Gasteiger partial charge in [-0.05, 0) is 30.9 Å². The highest BCUT2D eigenvalue weighted by Crippen LogP contribution is 2.14. The molecule has 2 unspecified atom stereocenters. The Balaban J connectivity index is 2.44. The van der Waals surface area contributed by atoms with Gasteiger partial charge in [-0.3, -0.25) is 4.79 Å². The van der Waals surface area contributed by atoms with Crippen LogP contribution in [0.3, 0.4) is 0 Å². The Morgan fingerprint density at radius 2 is 1.67 bits per heavy atom. The van der Waals surface area contributed by atoms with Crippen LogP contribution in [0.5, 0.6) is 0 Å². The molecule has 0 saturated heterocycles. The number of hydrogen-bond acceptors (Lipinski definition) is 2. The highest BCUT2D eigenvalue weighted by molar-refractivity contribution is 5.76. The van der Waals surface area contributed by atoms with Crippen LogP contribution in [0.15, 0.2) is 24.3 Å². The molecule has 0 bridgehead atoms. The van der Waals surface area contributed by atoms with Crippen molar-refractivity contribution in [2.75, 3.05) is 0 Å². The van der Waals surface area contributed by atoms with Crippen LogP contribution in [-0.4, -0.2) is 23.1 Å². The van der Waals surface area contributed by atoms with Crippen LogP contribution in [0.25, 0.3) is 0 Å². The Morgan fingerprint density at radius 1 is 1.10 bits per heavy atom. The summed E-state index contributed by atoms with van der Waals surface area (Å²) in [6.07, 6.45) is 0. The molecule has 5 heteroatoms. The average molecular weight is 292 g/mol. The Morgan fingerprint density at radius 3 is 2.14 bits per heavy atom. The first-order valence-electron chi connectivity index (χ1n) is 7.17. The fraction of sp³-hybridized carbons (Fsp3) is 0.500. The second-order valence-electron chi connectivity index (χ2n) is 5.64. The number of carbonyl (C=O) groups excluding carboxylic acids is 1. The number of nitrogens with one attached hydrogen (secondary N) is 2. The number of urea groups is 1. The van der Waals surface area contributed by atoms with Gasteiger partial charge in [0.2, 0.25) is 0 Å². The molecule has 1 aromatic rings. The Labute approximate surface area is 125 Å². The van der Waals surface area contributed by atoms with Crippen molar-refractivity contribution in [2.45, 2.75) is 46.2 Å². The summed E-state index contributed by atoms with van der Waals surface area (Å²) in [5.41, 5.74) is 2.26. The van der Waals surface area contributed by atoms with Crippen LogP contribution in [0, 0.1) is 5.92 Å². The summed E-state index contributed by atoms with van der Waals surface area (Å²) >= 11 is 0. The topological polar surface area (TPSA) is 78.4 Å². The first-order valence-corrected chi connectivity index (χ1v) is 7.17.